The van der Waals surface area contributed by atoms with Gasteiger partial charge in [-0.1, -0.05) is 30.9 Å². The minimum absolute atomic E-state index is 0.0166. The zero-order valence-electron chi connectivity index (χ0n) is 9.22. The Bertz CT molecular complexity index is 290. The molecule has 0 saturated heterocycles. The molecule has 0 aromatic carbocycles. The van der Waals surface area contributed by atoms with Crippen molar-refractivity contribution >= 4 is 5.97 Å². The summed E-state index contributed by atoms with van der Waals surface area (Å²) in [6, 6.07) is -1.21. The zero-order valence-corrected chi connectivity index (χ0v) is 9.22. The molecule has 2 N–H and O–H groups in total. The number of nitrogens with two attached hydrogens (primary N) is 1. The number of alkyl halides is 2. The first-order valence-electron chi connectivity index (χ1n) is 4.84. The van der Waals surface area contributed by atoms with Crippen molar-refractivity contribution in [2.24, 2.45) is 5.73 Å². The molecule has 0 fully saturated rings. The van der Waals surface area contributed by atoms with Gasteiger partial charge in [0.05, 0.1) is 6.61 Å². The minimum atomic E-state index is -2.95. The van der Waals surface area contributed by atoms with Crippen LogP contribution in [0.3, 0.4) is 0 Å². The van der Waals surface area contributed by atoms with Crippen LogP contribution in [0.25, 0.3) is 0 Å². The molecule has 0 saturated carbocycles. The fraction of sp³-hybridized carbons (Fsp3) is 0.364. The Morgan fingerprint density at radius 1 is 1.35 bits per heavy atom. The number of carbonyl (C=O) groups is 1. The standard InChI is InChI=1S/C11H15F2NO3/c1-2-3-4-5-6-7-16-10(15)9(14)8-17-11(12)13/h2-6,9,11H,1,7-8,14H2/b4-3-,6-5+. The van der Waals surface area contributed by atoms with Crippen LogP contribution in [-0.4, -0.2) is 31.8 Å². The van der Waals surface area contributed by atoms with Crippen LogP contribution in [0.2, 0.25) is 0 Å². The molecule has 0 bridgehead atoms. The summed E-state index contributed by atoms with van der Waals surface area (Å²) >= 11 is 0. The summed E-state index contributed by atoms with van der Waals surface area (Å²) in [7, 11) is 0. The number of hydrogen-bond acceptors (Lipinski definition) is 4. The van der Waals surface area contributed by atoms with E-state index < -0.39 is 25.2 Å². The van der Waals surface area contributed by atoms with Gasteiger partial charge in [0.2, 0.25) is 0 Å². The Morgan fingerprint density at radius 2 is 2.06 bits per heavy atom. The normalized spacial score (nSPS) is 13.4. The van der Waals surface area contributed by atoms with Gasteiger partial charge in [-0.2, -0.15) is 8.78 Å². The number of rotatable bonds is 8. The molecule has 0 amide bonds. The predicted molar refractivity (Wildman–Crippen MR) is 59.4 cm³/mol. The van der Waals surface area contributed by atoms with Crippen LogP contribution in [0.4, 0.5) is 8.78 Å². The molecule has 0 heterocycles. The molecular weight excluding hydrogens is 232 g/mol. The summed E-state index contributed by atoms with van der Waals surface area (Å²) in [5.74, 6) is -0.789. The Kier molecular flexibility index (Phi) is 8.81. The first-order valence-corrected chi connectivity index (χ1v) is 4.84. The maximum Gasteiger partial charge on any atom is 0.345 e. The molecule has 0 aromatic heterocycles. The Labute approximate surface area is 98.4 Å². The van der Waals surface area contributed by atoms with Crippen LogP contribution in [-0.2, 0) is 14.3 Å². The van der Waals surface area contributed by atoms with E-state index in [4.69, 9.17) is 5.73 Å². The van der Waals surface area contributed by atoms with Gasteiger partial charge in [0, 0.05) is 0 Å². The first-order chi connectivity index (χ1) is 8.07. The molecule has 1 atom stereocenters. The maximum absolute atomic E-state index is 11.6. The second kappa shape index (κ2) is 9.68. The van der Waals surface area contributed by atoms with Crippen LogP contribution < -0.4 is 5.73 Å². The van der Waals surface area contributed by atoms with Crippen LogP contribution in [0, 0.1) is 0 Å². The molecular formula is C11H15F2NO3. The lowest BCUT2D eigenvalue weighted by Gasteiger charge is -2.10. The van der Waals surface area contributed by atoms with Crippen LogP contribution in [0.1, 0.15) is 0 Å². The van der Waals surface area contributed by atoms with Gasteiger partial charge in [-0.05, 0) is 6.08 Å². The summed E-state index contributed by atoms with van der Waals surface area (Å²) in [4.78, 5) is 11.1. The number of allylic oxidation sites excluding steroid dienone is 4. The molecule has 0 spiro atoms. The van der Waals surface area contributed by atoms with E-state index in [0.29, 0.717) is 0 Å². The number of halogens is 2. The lowest BCUT2D eigenvalue weighted by atomic mass is 10.3. The minimum Gasteiger partial charge on any atom is -0.460 e. The second-order valence-corrected chi connectivity index (χ2v) is 2.88. The third-order valence-electron chi connectivity index (χ3n) is 1.52. The zero-order chi connectivity index (χ0) is 13.1. The van der Waals surface area contributed by atoms with Crippen molar-refractivity contribution in [1.29, 1.82) is 0 Å². The van der Waals surface area contributed by atoms with E-state index >= 15 is 0 Å². The SMILES string of the molecule is C=C/C=C\C=C\COC(=O)C(N)COC(F)F. The average molecular weight is 247 g/mol. The van der Waals surface area contributed by atoms with E-state index in [0.717, 1.165) is 0 Å². The molecule has 0 aliphatic heterocycles. The van der Waals surface area contributed by atoms with E-state index in [1.165, 1.54) is 0 Å². The summed E-state index contributed by atoms with van der Waals surface area (Å²) in [5, 5.41) is 0. The molecule has 96 valence electrons. The van der Waals surface area contributed by atoms with Gasteiger partial charge in [0.15, 0.2) is 0 Å². The predicted octanol–water partition coefficient (Wildman–Crippen LogP) is 1.39. The third kappa shape index (κ3) is 9.40. The van der Waals surface area contributed by atoms with E-state index in [-0.39, 0.29) is 6.61 Å². The van der Waals surface area contributed by atoms with Crippen LogP contribution in [0.5, 0.6) is 0 Å². The van der Waals surface area contributed by atoms with E-state index in [1.54, 1.807) is 30.4 Å². The van der Waals surface area contributed by atoms with Crippen molar-refractivity contribution in [1.82, 2.24) is 0 Å². The van der Waals surface area contributed by atoms with Gasteiger partial charge in [0.25, 0.3) is 0 Å². The van der Waals surface area contributed by atoms with Gasteiger partial charge < -0.3 is 15.2 Å². The molecule has 0 aliphatic rings. The largest absolute Gasteiger partial charge is 0.460 e. The van der Waals surface area contributed by atoms with E-state index in [2.05, 4.69) is 16.1 Å². The van der Waals surface area contributed by atoms with Gasteiger partial charge in [-0.15, -0.1) is 0 Å². The average Bonchev–Trinajstić information content (AvgIpc) is 2.30. The van der Waals surface area contributed by atoms with Gasteiger partial charge in [0.1, 0.15) is 12.6 Å². The quantitative estimate of drug-likeness (QED) is 0.520. The molecule has 0 aromatic rings. The topological polar surface area (TPSA) is 61.5 Å². The van der Waals surface area contributed by atoms with Crippen molar-refractivity contribution in [2.45, 2.75) is 12.7 Å². The van der Waals surface area contributed by atoms with Gasteiger partial charge in [-0.3, -0.25) is 4.79 Å². The Balaban J connectivity index is 3.74. The van der Waals surface area contributed by atoms with Crippen molar-refractivity contribution < 1.29 is 23.0 Å². The maximum atomic E-state index is 11.6. The van der Waals surface area contributed by atoms with E-state index in [9.17, 15) is 13.6 Å². The fourth-order valence-electron chi connectivity index (χ4n) is 0.759. The number of esters is 1. The van der Waals surface area contributed by atoms with E-state index in [1.807, 2.05) is 0 Å². The molecule has 0 radical (unpaired) electrons. The monoisotopic (exact) mass is 247 g/mol. The summed E-state index contributed by atoms with van der Waals surface area (Å²) in [5.41, 5.74) is 5.24. The van der Waals surface area contributed by atoms with Crippen LogP contribution in [0.15, 0.2) is 37.0 Å². The van der Waals surface area contributed by atoms with Crippen molar-refractivity contribution in [3.05, 3.63) is 37.0 Å². The molecule has 6 heteroatoms. The smallest absolute Gasteiger partial charge is 0.345 e. The van der Waals surface area contributed by atoms with Gasteiger partial charge >= 0.3 is 12.6 Å². The summed E-state index contributed by atoms with van der Waals surface area (Å²) in [6.45, 7) is -0.0360. The van der Waals surface area contributed by atoms with Crippen molar-refractivity contribution in [3.8, 4) is 0 Å². The lowest BCUT2D eigenvalue weighted by molar-refractivity contribution is -0.155. The number of hydrogen-bond donors (Lipinski definition) is 1. The second-order valence-electron chi connectivity index (χ2n) is 2.88. The van der Waals surface area contributed by atoms with Crippen LogP contribution >= 0.6 is 0 Å². The molecule has 4 nitrogen and oxygen atoms in total. The molecule has 17 heavy (non-hydrogen) atoms. The molecule has 0 aliphatic carbocycles. The fourth-order valence-corrected chi connectivity index (χ4v) is 0.759. The number of carbonyl (C=O) groups excluding carboxylic acids is 1. The highest BCUT2D eigenvalue weighted by atomic mass is 19.3. The third-order valence-corrected chi connectivity index (χ3v) is 1.52. The Hall–Kier alpha value is -1.53. The highest BCUT2D eigenvalue weighted by Gasteiger charge is 2.16. The Morgan fingerprint density at radius 3 is 2.65 bits per heavy atom. The van der Waals surface area contributed by atoms with Crippen molar-refractivity contribution in [2.75, 3.05) is 13.2 Å². The summed E-state index contributed by atoms with van der Waals surface area (Å²) < 4.78 is 31.8. The molecule has 0 rings (SSSR count). The molecule has 1 unspecified atom stereocenters. The lowest BCUT2D eigenvalue weighted by Crippen LogP contribution is -2.37. The number of ether oxygens (including phenoxy) is 2. The highest BCUT2D eigenvalue weighted by Crippen LogP contribution is 1.96. The highest BCUT2D eigenvalue weighted by molar-refractivity contribution is 5.75. The summed E-state index contributed by atoms with van der Waals surface area (Å²) in [6.07, 6.45) is 8.20. The first kappa shape index (κ1) is 15.5. The van der Waals surface area contributed by atoms with Gasteiger partial charge in [-0.25, -0.2) is 0 Å². The van der Waals surface area contributed by atoms with Crippen molar-refractivity contribution in [3.63, 3.8) is 0 Å².